The largest absolute Gasteiger partial charge is 1.00 e. The Balaban J connectivity index is 0.00000280. The molecule has 1 heterocycles. The normalized spacial score (nSPS) is 10.1. The highest BCUT2D eigenvalue weighted by atomic mass is 35.5. The maximum absolute atomic E-state index is 11.3. The zero-order chi connectivity index (χ0) is 19.6. The highest BCUT2D eigenvalue weighted by Crippen LogP contribution is 2.26. The fraction of sp³-hybridized carbons (Fsp3) is 0.105. The molecular formula is C19H17ClN4O4. The lowest BCUT2D eigenvalue weighted by Crippen LogP contribution is -3.00. The molecule has 0 bridgehead atoms. The molecule has 0 fully saturated rings. The number of benzene rings is 2. The number of hydrogen-bond acceptors (Lipinski definition) is 5. The van der Waals surface area contributed by atoms with Crippen molar-refractivity contribution in [1.82, 2.24) is 0 Å². The molecule has 28 heavy (non-hydrogen) atoms. The molecule has 0 saturated heterocycles. The molecule has 0 aliphatic heterocycles. The molecule has 1 aromatic heterocycles. The van der Waals surface area contributed by atoms with Crippen molar-refractivity contribution in [2.45, 2.75) is 0 Å². The predicted molar refractivity (Wildman–Crippen MR) is 101 cm³/mol. The van der Waals surface area contributed by atoms with E-state index in [0.29, 0.717) is 0 Å². The van der Waals surface area contributed by atoms with Crippen molar-refractivity contribution in [2.24, 2.45) is 0 Å². The quantitative estimate of drug-likeness (QED) is 0.353. The average Bonchev–Trinajstić information content (AvgIpc) is 2.67. The van der Waals surface area contributed by atoms with Crippen molar-refractivity contribution in [2.75, 3.05) is 19.0 Å². The summed E-state index contributed by atoms with van der Waals surface area (Å²) in [5.74, 6) is 0. The van der Waals surface area contributed by atoms with Gasteiger partial charge in [0.1, 0.15) is 6.07 Å². The first-order valence-corrected chi connectivity index (χ1v) is 8.09. The number of aromatic nitrogens is 1. The van der Waals surface area contributed by atoms with Crippen LogP contribution in [0.3, 0.4) is 0 Å². The first-order chi connectivity index (χ1) is 12.9. The summed E-state index contributed by atoms with van der Waals surface area (Å²) in [6.07, 6.45) is 3.40. The number of rotatable bonds is 5. The van der Waals surface area contributed by atoms with E-state index in [4.69, 9.17) is 0 Å². The summed E-state index contributed by atoms with van der Waals surface area (Å²) in [5, 5.41) is 22.2. The van der Waals surface area contributed by atoms with Gasteiger partial charge in [0.2, 0.25) is 0 Å². The fourth-order valence-corrected chi connectivity index (χ4v) is 2.72. The summed E-state index contributed by atoms with van der Waals surface area (Å²) >= 11 is 0. The molecule has 3 aromatic rings. The van der Waals surface area contributed by atoms with Crippen molar-refractivity contribution >= 4 is 17.1 Å². The summed E-state index contributed by atoms with van der Waals surface area (Å²) in [4.78, 5) is 22.9. The van der Waals surface area contributed by atoms with Gasteiger partial charge in [-0.1, -0.05) is 12.1 Å². The van der Waals surface area contributed by atoms with Gasteiger partial charge in [-0.25, -0.2) is 0 Å². The van der Waals surface area contributed by atoms with Crippen LogP contribution in [0.25, 0.3) is 16.8 Å². The van der Waals surface area contributed by atoms with Crippen molar-refractivity contribution in [3.8, 4) is 16.8 Å². The number of hydrogen-bond donors (Lipinski definition) is 0. The van der Waals surface area contributed by atoms with Crippen LogP contribution in [-0.4, -0.2) is 23.9 Å². The minimum atomic E-state index is -0.651. The molecule has 9 heteroatoms. The van der Waals surface area contributed by atoms with Gasteiger partial charge in [-0.2, -0.15) is 4.57 Å². The van der Waals surface area contributed by atoms with Crippen LogP contribution in [0.5, 0.6) is 0 Å². The van der Waals surface area contributed by atoms with Gasteiger partial charge in [-0.3, -0.25) is 20.2 Å². The van der Waals surface area contributed by atoms with Gasteiger partial charge >= 0.3 is 5.69 Å². The van der Waals surface area contributed by atoms with Gasteiger partial charge in [0.15, 0.2) is 12.4 Å². The molecule has 0 radical (unpaired) electrons. The van der Waals surface area contributed by atoms with Crippen molar-refractivity contribution < 1.29 is 26.8 Å². The van der Waals surface area contributed by atoms with E-state index in [-0.39, 0.29) is 29.5 Å². The van der Waals surface area contributed by atoms with Crippen molar-refractivity contribution in [3.63, 3.8) is 0 Å². The van der Waals surface area contributed by atoms with Crippen LogP contribution < -0.4 is 21.9 Å². The lowest BCUT2D eigenvalue weighted by atomic mass is 10.1. The summed E-state index contributed by atoms with van der Waals surface area (Å²) in [6, 6.07) is 15.3. The molecule has 0 saturated carbocycles. The topological polar surface area (TPSA) is 93.4 Å². The van der Waals surface area contributed by atoms with E-state index in [1.165, 1.54) is 12.1 Å². The molecule has 0 aliphatic rings. The second-order valence-corrected chi connectivity index (χ2v) is 6.12. The fourth-order valence-electron chi connectivity index (χ4n) is 2.72. The number of nitrogens with zero attached hydrogens (tertiary/aromatic N) is 4. The molecule has 0 amide bonds. The second kappa shape index (κ2) is 8.45. The third kappa shape index (κ3) is 4.24. The molecule has 0 N–H and O–H groups in total. The smallest absolute Gasteiger partial charge is 0.347 e. The average molecular weight is 401 g/mol. The van der Waals surface area contributed by atoms with Crippen LogP contribution >= 0.6 is 0 Å². The molecular weight excluding hydrogens is 384 g/mol. The van der Waals surface area contributed by atoms with Gasteiger partial charge in [-0.15, -0.1) is 0 Å². The molecule has 144 valence electrons. The Labute approximate surface area is 167 Å². The lowest BCUT2D eigenvalue weighted by molar-refractivity contribution is -0.600. The Kier molecular flexibility index (Phi) is 6.27. The first kappa shape index (κ1) is 20.8. The van der Waals surface area contributed by atoms with Gasteiger partial charge < -0.3 is 17.3 Å². The van der Waals surface area contributed by atoms with Gasteiger partial charge in [0.25, 0.3) is 11.4 Å². The first-order valence-electron chi connectivity index (χ1n) is 8.09. The summed E-state index contributed by atoms with van der Waals surface area (Å²) in [7, 11) is 3.94. The Hall–Kier alpha value is -3.52. The summed E-state index contributed by atoms with van der Waals surface area (Å²) in [5.41, 5.74) is 2.69. The Morgan fingerprint density at radius 2 is 1.39 bits per heavy atom. The van der Waals surface area contributed by atoms with Crippen molar-refractivity contribution in [3.05, 3.63) is 87.2 Å². The number of pyridine rings is 1. The van der Waals surface area contributed by atoms with E-state index in [1.54, 1.807) is 17.0 Å². The Morgan fingerprint density at radius 1 is 0.821 bits per heavy atom. The molecule has 0 atom stereocenters. The molecule has 3 rings (SSSR count). The lowest BCUT2D eigenvalue weighted by Gasteiger charge is -2.12. The highest BCUT2D eigenvalue weighted by Gasteiger charge is 2.26. The van der Waals surface area contributed by atoms with Crippen LogP contribution in [0.15, 0.2) is 67.0 Å². The minimum absolute atomic E-state index is 0. The summed E-state index contributed by atoms with van der Waals surface area (Å²) < 4.78 is 1.57. The van der Waals surface area contributed by atoms with Crippen LogP contribution in [-0.2, 0) is 0 Å². The van der Waals surface area contributed by atoms with Gasteiger partial charge in [-0.05, 0) is 23.3 Å². The van der Waals surface area contributed by atoms with Gasteiger partial charge in [0.05, 0.1) is 9.85 Å². The van der Waals surface area contributed by atoms with Crippen LogP contribution in [0.1, 0.15) is 0 Å². The Morgan fingerprint density at radius 3 is 1.89 bits per heavy atom. The molecule has 0 aliphatic carbocycles. The maximum Gasteiger partial charge on any atom is 0.347 e. The highest BCUT2D eigenvalue weighted by molar-refractivity contribution is 5.65. The van der Waals surface area contributed by atoms with Crippen LogP contribution in [0, 0.1) is 20.2 Å². The molecule has 2 aromatic carbocycles. The number of anilines is 1. The van der Waals surface area contributed by atoms with E-state index in [1.807, 2.05) is 55.4 Å². The van der Waals surface area contributed by atoms with E-state index >= 15 is 0 Å². The van der Waals surface area contributed by atoms with E-state index < -0.39 is 9.85 Å². The third-order valence-corrected chi connectivity index (χ3v) is 4.19. The summed E-state index contributed by atoms with van der Waals surface area (Å²) in [6.45, 7) is 0. The SMILES string of the molecule is CN(C)c1ccc(-c2cc[n+](-c3ccc([N+](=O)[O-])cc3[N+](=O)[O-])cc2)cc1.[Cl-]. The number of non-ortho nitro benzene ring substituents is 1. The third-order valence-electron chi connectivity index (χ3n) is 4.19. The molecule has 0 unspecified atom stereocenters. The Bertz CT molecular complexity index is 1010. The zero-order valence-corrected chi connectivity index (χ0v) is 15.9. The predicted octanol–water partition coefficient (Wildman–Crippen LogP) is 0.517. The molecule has 8 nitrogen and oxygen atoms in total. The van der Waals surface area contributed by atoms with Crippen LogP contribution in [0.4, 0.5) is 17.1 Å². The van der Waals surface area contributed by atoms with E-state index in [0.717, 1.165) is 22.9 Å². The van der Waals surface area contributed by atoms with Crippen molar-refractivity contribution in [1.29, 1.82) is 0 Å². The minimum Gasteiger partial charge on any atom is -1.00 e. The second-order valence-electron chi connectivity index (χ2n) is 6.12. The number of nitro groups is 2. The van der Waals surface area contributed by atoms with E-state index in [2.05, 4.69) is 0 Å². The maximum atomic E-state index is 11.3. The number of halogens is 1. The monoisotopic (exact) mass is 400 g/mol. The molecule has 0 spiro atoms. The van der Waals surface area contributed by atoms with Gasteiger partial charge in [0, 0.05) is 44.0 Å². The zero-order valence-electron chi connectivity index (χ0n) is 15.2. The van der Waals surface area contributed by atoms with Crippen LogP contribution in [0.2, 0.25) is 0 Å². The van der Waals surface area contributed by atoms with E-state index in [9.17, 15) is 20.2 Å². The number of nitro benzene ring substituents is 2. The standard InChI is InChI=1S/C19H17N4O4.ClH/c1-20(2)16-5-3-14(4-6-16)15-9-11-21(12-10-15)18-8-7-17(22(24)25)13-19(18)23(26)27;/h3-13H,1-2H3;1H/q+1;/p-1.